The number of nitrogens with two attached hydrogens (primary N) is 1. The Morgan fingerprint density at radius 3 is 2.84 bits per heavy atom. The molecule has 0 radical (unpaired) electrons. The Balaban J connectivity index is 2.01. The van der Waals surface area contributed by atoms with Gasteiger partial charge in [-0.3, -0.25) is 4.79 Å². The lowest BCUT2D eigenvalue weighted by Crippen LogP contribution is -2.20. The van der Waals surface area contributed by atoms with Crippen molar-refractivity contribution in [3.05, 3.63) is 18.2 Å². The molecule has 5 heteroatoms. The average Bonchev–Trinajstić information content (AvgIpc) is 2.63. The molecule has 19 heavy (non-hydrogen) atoms. The zero-order chi connectivity index (χ0) is 13.7. The van der Waals surface area contributed by atoms with Crippen LogP contribution in [0.5, 0.6) is 11.5 Å². The maximum absolute atomic E-state index is 11.8. The zero-order valence-corrected chi connectivity index (χ0v) is 11.1. The Morgan fingerprint density at radius 2 is 2.11 bits per heavy atom. The van der Waals surface area contributed by atoms with Crippen LogP contribution in [0, 0.1) is 5.92 Å². The summed E-state index contributed by atoms with van der Waals surface area (Å²) in [5.41, 5.74) is 6.23. The molecule has 0 bridgehead atoms. The quantitative estimate of drug-likeness (QED) is 0.869. The van der Waals surface area contributed by atoms with Gasteiger partial charge in [-0.15, -0.1) is 0 Å². The molecule has 1 amide bonds. The predicted molar refractivity (Wildman–Crippen MR) is 73.5 cm³/mol. The van der Waals surface area contributed by atoms with Crippen molar-refractivity contribution in [2.24, 2.45) is 11.7 Å². The van der Waals surface area contributed by atoms with Crippen LogP contribution in [-0.2, 0) is 4.79 Å². The molecule has 1 unspecified atom stereocenters. The number of carbonyl (C=O) groups is 1. The predicted octanol–water partition coefficient (Wildman–Crippen LogP) is 1.77. The monoisotopic (exact) mass is 264 g/mol. The van der Waals surface area contributed by atoms with E-state index in [4.69, 9.17) is 15.2 Å². The highest BCUT2D eigenvalue weighted by molar-refractivity contribution is 5.91. The van der Waals surface area contributed by atoms with E-state index in [1.807, 2.05) is 19.1 Å². The fourth-order valence-corrected chi connectivity index (χ4v) is 1.85. The van der Waals surface area contributed by atoms with Gasteiger partial charge in [0.15, 0.2) is 11.5 Å². The van der Waals surface area contributed by atoms with Crippen molar-refractivity contribution in [2.45, 2.75) is 19.8 Å². The van der Waals surface area contributed by atoms with E-state index in [1.54, 1.807) is 6.07 Å². The zero-order valence-electron chi connectivity index (χ0n) is 11.1. The van der Waals surface area contributed by atoms with E-state index in [-0.39, 0.29) is 11.8 Å². The van der Waals surface area contributed by atoms with Gasteiger partial charge in [0.25, 0.3) is 0 Å². The highest BCUT2D eigenvalue weighted by Crippen LogP contribution is 2.32. The highest BCUT2D eigenvalue weighted by atomic mass is 16.5. The van der Waals surface area contributed by atoms with Crippen molar-refractivity contribution in [3.63, 3.8) is 0 Å². The molecule has 1 aliphatic heterocycles. The summed E-state index contributed by atoms with van der Waals surface area (Å²) in [6.07, 6.45) is 1.29. The van der Waals surface area contributed by atoms with Gasteiger partial charge < -0.3 is 20.5 Å². The van der Waals surface area contributed by atoms with E-state index in [0.717, 1.165) is 17.9 Å². The number of amides is 1. The van der Waals surface area contributed by atoms with Crippen LogP contribution >= 0.6 is 0 Å². The molecule has 1 heterocycles. The topological polar surface area (TPSA) is 73.6 Å². The van der Waals surface area contributed by atoms with Gasteiger partial charge in [-0.25, -0.2) is 0 Å². The number of rotatable bonds is 4. The van der Waals surface area contributed by atoms with Crippen LogP contribution in [0.3, 0.4) is 0 Å². The average molecular weight is 264 g/mol. The fraction of sp³-hybridized carbons (Fsp3) is 0.500. The molecule has 0 saturated heterocycles. The van der Waals surface area contributed by atoms with Crippen molar-refractivity contribution in [2.75, 3.05) is 25.1 Å². The van der Waals surface area contributed by atoms with Crippen molar-refractivity contribution in [1.82, 2.24) is 0 Å². The minimum Gasteiger partial charge on any atom is -0.490 e. The normalized spacial score (nSPS) is 15.5. The van der Waals surface area contributed by atoms with Gasteiger partial charge in [0.2, 0.25) is 5.91 Å². The number of nitrogens with one attached hydrogen (secondary N) is 1. The summed E-state index contributed by atoms with van der Waals surface area (Å²) in [7, 11) is 0. The van der Waals surface area contributed by atoms with Gasteiger partial charge in [0.05, 0.1) is 13.2 Å². The number of fused-ring (bicyclic) bond motifs is 1. The second kappa shape index (κ2) is 6.43. The summed E-state index contributed by atoms with van der Waals surface area (Å²) in [6, 6.07) is 5.44. The van der Waals surface area contributed by atoms with E-state index >= 15 is 0 Å². The summed E-state index contributed by atoms with van der Waals surface area (Å²) < 4.78 is 11.1. The molecule has 3 N–H and O–H groups in total. The van der Waals surface area contributed by atoms with Crippen molar-refractivity contribution < 1.29 is 14.3 Å². The number of ether oxygens (including phenoxy) is 2. The number of hydrogen-bond donors (Lipinski definition) is 2. The molecule has 5 nitrogen and oxygen atoms in total. The minimum atomic E-state index is -0.0348. The third-order valence-electron chi connectivity index (χ3n) is 2.97. The third kappa shape index (κ3) is 3.86. The van der Waals surface area contributed by atoms with Gasteiger partial charge in [-0.2, -0.15) is 0 Å². The summed E-state index contributed by atoms with van der Waals surface area (Å²) in [4.78, 5) is 11.8. The van der Waals surface area contributed by atoms with Crippen molar-refractivity contribution in [3.8, 4) is 11.5 Å². The summed E-state index contributed by atoms with van der Waals surface area (Å²) >= 11 is 0. The molecule has 104 valence electrons. The Kier molecular flexibility index (Phi) is 4.63. The second-order valence-corrected chi connectivity index (χ2v) is 4.81. The van der Waals surface area contributed by atoms with Gasteiger partial charge in [0, 0.05) is 24.6 Å². The third-order valence-corrected chi connectivity index (χ3v) is 2.97. The maximum atomic E-state index is 11.8. The van der Waals surface area contributed by atoms with E-state index in [0.29, 0.717) is 31.9 Å². The van der Waals surface area contributed by atoms with Gasteiger partial charge in [0.1, 0.15) is 0 Å². The molecule has 1 aliphatic rings. The van der Waals surface area contributed by atoms with Crippen LogP contribution < -0.4 is 20.5 Å². The molecule has 0 aromatic heterocycles. The maximum Gasteiger partial charge on any atom is 0.224 e. The number of carbonyl (C=O) groups excluding carboxylic acids is 1. The molecule has 0 fully saturated rings. The molecule has 1 aromatic rings. The highest BCUT2D eigenvalue weighted by Gasteiger charge is 2.12. The largest absolute Gasteiger partial charge is 0.490 e. The first-order valence-electron chi connectivity index (χ1n) is 6.58. The SMILES string of the molecule is CC(CN)CC(=O)Nc1ccc2c(c1)OCCCO2. The Bertz CT molecular complexity index is 448. The Morgan fingerprint density at radius 1 is 1.37 bits per heavy atom. The molecule has 0 saturated carbocycles. The summed E-state index contributed by atoms with van der Waals surface area (Å²) in [6.45, 7) is 3.75. The fourth-order valence-electron chi connectivity index (χ4n) is 1.85. The smallest absolute Gasteiger partial charge is 0.224 e. The van der Waals surface area contributed by atoms with E-state index in [2.05, 4.69) is 5.32 Å². The molecule has 1 aromatic carbocycles. The molecular formula is C14H20N2O3. The van der Waals surface area contributed by atoms with Crippen molar-refractivity contribution in [1.29, 1.82) is 0 Å². The minimum absolute atomic E-state index is 0.0348. The van der Waals surface area contributed by atoms with Crippen LogP contribution in [0.1, 0.15) is 19.8 Å². The van der Waals surface area contributed by atoms with E-state index in [1.165, 1.54) is 0 Å². The van der Waals surface area contributed by atoms with E-state index in [9.17, 15) is 4.79 Å². The van der Waals surface area contributed by atoms with Gasteiger partial charge >= 0.3 is 0 Å². The van der Waals surface area contributed by atoms with Crippen LogP contribution in [0.15, 0.2) is 18.2 Å². The number of benzene rings is 1. The van der Waals surface area contributed by atoms with Gasteiger partial charge in [-0.1, -0.05) is 6.92 Å². The first-order chi connectivity index (χ1) is 9.19. The standard InChI is InChI=1S/C14H20N2O3/c1-10(9-15)7-14(17)16-11-3-4-12-13(8-11)19-6-2-5-18-12/h3-4,8,10H,2,5-7,9,15H2,1H3,(H,16,17). The lowest BCUT2D eigenvalue weighted by atomic mass is 10.1. The molecule has 2 rings (SSSR count). The van der Waals surface area contributed by atoms with Crippen molar-refractivity contribution >= 4 is 11.6 Å². The molecule has 0 aliphatic carbocycles. The van der Waals surface area contributed by atoms with Crippen LogP contribution in [0.25, 0.3) is 0 Å². The van der Waals surface area contributed by atoms with E-state index < -0.39 is 0 Å². The molecule has 0 spiro atoms. The summed E-state index contributed by atoms with van der Waals surface area (Å²) in [5, 5.41) is 2.85. The summed E-state index contributed by atoms with van der Waals surface area (Å²) in [5.74, 6) is 1.56. The molecule has 1 atom stereocenters. The first-order valence-corrected chi connectivity index (χ1v) is 6.58. The lowest BCUT2D eigenvalue weighted by molar-refractivity contribution is -0.116. The van der Waals surface area contributed by atoms with Crippen LogP contribution in [-0.4, -0.2) is 25.7 Å². The molecular weight excluding hydrogens is 244 g/mol. The number of anilines is 1. The second-order valence-electron chi connectivity index (χ2n) is 4.81. The number of hydrogen-bond acceptors (Lipinski definition) is 4. The van der Waals surface area contributed by atoms with Crippen LogP contribution in [0.4, 0.5) is 5.69 Å². The van der Waals surface area contributed by atoms with Gasteiger partial charge in [-0.05, 0) is 24.6 Å². The first kappa shape index (κ1) is 13.7. The lowest BCUT2D eigenvalue weighted by Gasteiger charge is -2.12. The Labute approximate surface area is 113 Å². The van der Waals surface area contributed by atoms with Crippen LogP contribution in [0.2, 0.25) is 0 Å². The Hall–Kier alpha value is -1.75.